The van der Waals surface area contributed by atoms with Gasteiger partial charge in [-0.25, -0.2) is 0 Å². The van der Waals surface area contributed by atoms with E-state index in [-0.39, 0.29) is 176 Å². The molecule has 0 radical (unpaired) electrons. The van der Waals surface area contributed by atoms with E-state index >= 15 is 0 Å². The van der Waals surface area contributed by atoms with E-state index in [2.05, 4.69) is 46.7 Å². The number of nitrogens with zero attached hydrogens (tertiary/aromatic N) is 3. The van der Waals surface area contributed by atoms with Gasteiger partial charge in [-0.1, -0.05) is 50.4 Å². The molecule has 12 bridgehead atoms. The number of amides is 8. The second-order valence-electron chi connectivity index (χ2n) is 30.8. The van der Waals surface area contributed by atoms with Gasteiger partial charge < -0.3 is 98.2 Å². The van der Waals surface area contributed by atoms with E-state index in [1.807, 2.05) is 4.90 Å². The van der Waals surface area contributed by atoms with E-state index in [1.165, 1.54) is 12.2 Å². The fourth-order valence-electron chi connectivity index (χ4n) is 17.2. The Kier molecular flexibility index (Phi) is 29.5. The lowest BCUT2D eigenvalue weighted by Crippen LogP contribution is -2.61. The number of fused-ring (bicyclic) bond motifs is 6. The first-order valence-electron chi connectivity index (χ1n) is 39.4. The molecule has 1 aromatic carbocycles. The van der Waals surface area contributed by atoms with Crippen LogP contribution in [0.3, 0.4) is 0 Å². The Bertz CT molecular complexity index is 3330. The van der Waals surface area contributed by atoms with Crippen molar-refractivity contribution in [2.45, 2.75) is 226 Å². The summed E-state index contributed by atoms with van der Waals surface area (Å²) in [6, 6.07) is 7.75. The lowest BCUT2D eigenvalue weighted by molar-refractivity contribution is -0.292. The van der Waals surface area contributed by atoms with Crippen molar-refractivity contribution >= 4 is 53.0 Å². The van der Waals surface area contributed by atoms with Gasteiger partial charge in [-0.15, -0.1) is 0 Å². The molecule has 31 heteroatoms. The van der Waals surface area contributed by atoms with Crippen molar-refractivity contribution in [3.8, 4) is 0 Å². The van der Waals surface area contributed by atoms with Gasteiger partial charge in [-0.3, -0.25) is 53.0 Å². The van der Waals surface area contributed by atoms with Gasteiger partial charge in [0, 0.05) is 129 Å². The predicted molar refractivity (Wildman–Crippen MR) is 387 cm³/mol. The number of nitrogens with one attached hydrogen (secondary N) is 5. The van der Waals surface area contributed by atoms with E-state index in [4.69, 9.17) is 61.6 Å². The summed E-state index contributed by atoms with van der Waals surface area (Å²) < 4.78 is 84.0. The minimum atomic E-state index is -1.18. The zero-order valence-electron chi connectivity index (χ0n) is 62.9. The van der Waals surface area contributed by atoms with Crippen LogP contribution in [-0.4, -0.2) is 308 Å². The number of hydrogen-bond donors (Lipinski definition) is 6. The van der Waals surface area contributed by atoms with Crippen LogP contribution in [0.15, 0.2) is 66.8 Å². The fourth-order valence-corrected chi connectivity index (χ4v) is 17.2. The number of methoxy groups -OCH3 is 1. The monoisotopic (exact) mass is 1530 g/mol. The number of aliphatic hydroxyl groups is 1. The molecule has 8 amide bonds. The number of aliphatic hydroxyl groups excluding tert-OH is 1. The average Bonchev–Trinajstić information content (AvgIpc) is 1.55. The molecule has 20 atom stereocenters. The van der Waals surface area contributed by atoms with Gasteiger partial charge in [0.15, 0.2) is 5.79 Å². The van der Waals surface area contributed by atoms with Crippen LogP contribution in [-0.2, 0) is 111 Å². The molecule has 11 fully saturated rings. The Morgan fingerprint density at radius 1 is 0.615 bits per heavy atom. The molecule has 602 valence electrons. The predicted octanol–water partition coefficient (Wildman–Crippen LogP) is 0.977. The molecule has 0 saturated carbocycles. The van der Waals surface area contributed by atoms with E-state index in [9.17, 15) is 48.3 Å². The third-order valence-electron chi connectivity index (χ3n) is 23.0. The third kappa shape index (κ3) is 22.2. The molecular weight excluding hydrogens is 1420 g/mol. The fraction of sp³-hybridized carbons (Fsp3) is 0.731. The van der Waals surface area contributed by atoms with Gasteiger partial charge in [-0.2, -0.15) is 0 Å². The van der Waals surface area contributed by atoms with Crippen molar-refractivity contribution in [1.82, 2.24) is 41.3 Å². The van der Waals surface area contributed by atoms with Crippen LogP contribution >= 0.6 is 0 Å². The second kappa shape index (κ2) is 39.3. The minimum absolute atomic E-state index is 0.0222. The van der Waals surface area contributed by atoms with Crippen LogP contribution in [0.25, 0.3) is 0 Å². The summed E-state index contributed by atoms with van der Waals surface area (Å²) in [5, 5.41) is 24.7. The van der Waals surface area contributed by atoms with E-state index < -0.39 is 110 Å². The molecule has 1 spiro atoms. The molecule has 31 nitrogen and oxygen atoms in total. The number of benzene rings is 1. The van der Waals surface area contributed by atoms with E-state index in [0.717, 1.165) is 48.2 Å². The summed E-state index contributed by atoms with van der Waals surface area (Å²) in [6.07, 6.45) is 3.76. The third-order valence-corrected chi connectivity index (χ3v) is 23.0. The molecule has 13 rings (SSSR count). The quantitative estimate of drug-likeness (QED) is 0.0696. The van der Waals surface area contributed by atoms with Gasteiger partial charge in [0.25, 0.3) is 11.8 Å². The lowest BCUT2D eigenvalue weighted by Gasteiger charge is -2.47. The number of carbonyl (C=O) groups is 9. The van der Waals surface area contributed by atoms with Crippen LogP contribution in [0.2, 0.25) is 0 Å². The molecule has 0 aromatic heterocycles. The summed E-state index contributed by atoms with van der Waals surface area (Å²) in [6.45, 7) is 13.8. The van der Waals surface area contributed by atoms with Crippen molar-refractivity contribution in [1.29, 1.82) is 0 Å². The molecule has 12 aliphatic heterocycles. The molecule has 6 N–H and O–H groups in total. The Morgan fingerprint density at radius 3 is 1.99 bits per heavy atom. The maximum atomic E-state index is 14.6. The Balaban J connectivity index is 0.579. The minimum Gasteiger partial charge on any atom is -0.391 e. The maximum Gasteiger partial charge on any atom is 0.253 e. The topological polar surface area (TPSA) is 364 Å². The summed E-state index contributed by atoms with van der Waals surface area (Å²) in [5.41, 5.74) is 2.72. The maximum absolute atomic E-state index is 14.6. The molecule has 2 unspecified atom stereocenters. The van der Waals surface area contributed by atoms with Crippen molar-refractivity contribution in [3.63, 3.8) is 0 Å². The molecule has 12 heterocycles. The second-order valence-corrected chi connectivity index (χ2v) is 30.8. The van der Waals surface area contributed by atoms with Crippen molar-refractivity contribution < 1.29 is 110 Å². The van der Waals surface area contributed by atoms with Crippen LogP contribution in [0.4, 0.5) is 0 Å². The smallest absolute Gasteiger partial charge is 0.253 e. The molecule has 1 aromatic rings. The van der Waals surface area contributed by atoms with E-state index in [0.29, 0.717) is 90.0 Å². The highest BCUT2D eigenvalue weighted by molar-refractivity contribution is 6.12. The molecule has 0 aliphatic carbocycles. The highest BCUT2D eigenvalue weighted by atomic mass is 16.8. The van der Waals surface area contributed by atoms with Crippen molar-refractivity contribution in [2.24, 2.45) is 11.8 Å². The molecule has 12 aliphatic rings. The highest BCUT2D eigenvalue weighted by Gasteiger charge is 2.69. The summed E-state index contributed by atoms with van der Waals surface area (Å²) in [7, 11) is 1.57. The number of hydrogen-bond acceptors (Lipinski definition) is 24. The van der Waals surface area contributed by atoms with Gasteiger partial charge in [0.1, 0.15) is 42.3 Å². The van der Waals surface area contributed by atoms with Crippen LogP contribution in [0.5, 0.6) is 0 Å². The highest BCUT2D eigenvalue weighted by Crippen LogP contribution is 2.55. The van der Waals surface area contributed by atoms with Crippen LogP contribution < -0.4 is 26.6 Å². The molecule has 11 saturated heterocycles. The normalized spacial score (nSPS) is 34.1. The number of imide groups is 1. The zero-order chi connectivity index (χ0) is 76.6. The first-order chi connectivity index (χ1) is 52.7. The largest absolute Gasteiger partial charge is 0.391 e. The van der Waals surface area contributed by atoms with Crippen molar-refractivity contribution in [3.05, 3.63) is 72.4 Å². The number of Topliss-reactive ketones (excluding diaryl/α,β-unsaturated/α-hetero) is 1. The molecule has 109 heavy (non-hydrogen) atoms. The number of carbonyl (C=O) groups excluding carboxylic acids is 9. The van der Waals surface area contributed by atoms with Crippen molar-refractivity contribution in [2.75, 3.05) is 125 Å². The zero-order valence-corrected chi connectivity index (χ0v) is 62.9. The lowest BCUT2D eigenvalue weighted by atomic mass is 9.81. The van der Waals surface area contributed by atoms with E-state index in [1.54, 1.807) is 42.3 Å². The SMILES string of the molecule is C=C1C[C@@H]2CC[C@@]34C[C@H]5OC6C(O[C@H]7CC[C@H](CC(=O)C[C@@H]8[C@@H](OC)[C@@H](C[C@H](O)CNC(=O)CNC(=O)[C@H](Cc9ccccc9)NC(=O)CNC(=O)CNC(=O)CCN9CCOCCOCCN(C(=O)CCCN%10C(=O)C=CC%10=O)CCOCCOCC9)O[C@H]8C[C@H]8O[C@@H](CC[C@@H]1O2)C[C@@H](C)C8=C)O[C@@H]7[C@@H]6O3)[C@H]5O4. The Labute approximate surface area is 636 Å². The first-order valence-corrected chi connectivity index (χ1v) is 39.4. The van der Waals surface area contributed by atoms with Crippen LogP contribution in [0, 0.1) is 11.8 Å². The first kappa shape index (κ1) is 81.9. The van der Waals surface area contributed by atoms with Gasteiger partial charge in [-0.05, 0) is 74.0 Å². The number of ketones is 1. The average molecular weight is 1530 g/mol. The van der Waals surface area contributed by atoms with Gasteiger partial charge in [0.05, 0.1) is 140 Å². The Hall–Kier alpha value is -6.53. The summed E-state index contributed by atoms with van der Waals surface area (Å²) in [4.78, 5) is 123. The number of rotatable bonds is 22. The van der Waals surface area contributed by atoms with Crippen LogP contribution in [0.1, 0.15) is 115 Å². The Morgan fingerprint density at radius 2 is 1.26 bits per heavy atom. The number of ether oxygens (including phenoxy) is 13. The van der Waals surface area contributed by atoms with Gasteiger partial charge >= 0.3 is 0 Å². The summed E-state index contributed by atoms with van der Waals surface area (Å²) in [5.74, 6) is -5.18. The van der Waals surface area contributed by atoms with Gasteiger partial charge in [0.2, 0.25) is 35.4 Å². The summed E-state index contributed by atoms with van der Waals surface area (Å²) >= 11 is 0. The molecular formula is C78H112N8O23. The standard InChI is InChI=1S/C78H112N8O23/c1-47-35-53-12-14-58-48(2)36-55(102-58)18-20-78-42-63-73(108-78)74-75(107-63)76(109-78)72-59(106-74)15-13-54(104-72)38-51(87)39-56-61(41-60(103-53)49(47)3)105-62(71(56)97-4)40-52(88)43-79-66(91)45-82-77(96)57(37-50-9-6-5-7-10-50)83-67(92)46-81-65(90)44-80-64(89)19-22-84-23-27-98-31-33-100-29-25-85(26-30-101-34-32-99-28-24-84)68(93)11-8-21-86-69(94)16-17-70(86)95/h5-7,9-10,16-17,47,52-63,71-76,88H,2-3,8,11-15,18-46H2,1,4H3,(H,79,91)(H,80,89)(H,81,90)(H,82,96)(H,83,92)/t47-,52+,53+,54-,55+,56+,57+,58+,59+,60-,61+,62-,63-,71-,72+,73+,74?,75?,76+,78+/m1/s1.